The molecule has 0 saturated heterocycles. The van der Waals surface area contributed by atoms with E-state index in [1.807, 2.05) is 0 Å². The minimum Gasteiger partial charge on any atom is -0.439 e. The van der Waals surface area contributed by atoms with Crippen LogP contribution in [0.2, 0.25) is 0 Å². The molecule has 2 heterocycles. The molecule has 1 aliphatic rings. The minimum atomic E-state index is -3.20. The molecule has 0 aliphatic carbocycles. The van der Waals surface area contributed by atoms with Gasteiger partial charge in [-0.1, -0.05) is 0 Å². The minimum absolute atomic E-state index is 0.265. The lowest BCUT2D eigenvalue weighted by atomic mass is 10.1. The van der Waals surface area contributed by atoms with Crippen LogP contribution >= 0.6 is 0 Å². The van der Waals surface area contributed by atoms with Crippen LogP contribution in [0.25, 0.3) is 0 Å². The maximum absolute atomic E-state index is 11.4. The lowest BCUT2D eigenvalue weighted by Crippen LogP contribution is -2.25. The van der Waals surface area contributed by atoms with Crippen molar-refractivity contribution in [3.8, 4) is 11.6 Å². The second kappa shape index (κ2) is 5.42. The van der Waals surface area contributed by atoms with E-state index in [-0.39, 0.29) is 4.90 Å². The average molecular weight is 305 g/mol. The Labute approximate surface area is 123 Å². The molecule has 0 saturated carbocycles. The van der Waals surface area contributed by atoms with E-state index in [0.717, 1.165) is 24.2 Å². The second-order valence-corrected chi connectivity index (χ2v) is 6.89. The van der Waals surface area contributed by atoms with Gasteiger partial charge in [-0.25, -0.2) is 18.4 Å². The molecule has 110 valence electrons. The van der Waals surface area contributed by atoms with E-state index < -0.39 is 9.84 Å². The van der Waals surface area contributed by atoms with Crippen molar-refractivity contribution in [1.82, 2.24) is 15.3 Å². The van der Waals surface area contributed by atoms with Crippen molar-refractivity contribution in [2.24, 2.45) is 0 Å². The Morgan fingerprint density at radius 2 is 1.95 bits per heavy atom. The van der Waals surface area contributed by atoms with Crippen LogP contribution in [0.4, 0.5) is 0 Å². The van der Waals surface area contributed by atoms with Crippen LogP contribution in [-0.2, 0) is 22.8 Å². The zero-order chi connectivity index (χ0) is 14.9. The van der Waals surface area contributed by atoms with E-state index in [9.17, 15) is 8.42 Å². The Kier molecular flexibility index (Phi) is 3.60. The number of nitrogens with one attached hydrogen (secondary N) is 1. The average Bonchev–Trinajstić information content (AvgIpc) is 2.47. The normalized spacial score (nSPS) is 14.5. The standard InChI is InChI=1S/C14H15N3O3S/c1-21(18,19)11-4-2-10(3-5-11)20-14-12-8-15-7-6-13(12)16-9-17-14/h2-5,9,15H,6-8H2,1H3. The first-order valence-corrected chi connectivity index (χ1v) is 8.44. The summed E-state index contributed by atoms with van der Waals surface area (Å²) in [6.45, 7) is 1.57. The topological polar surface area (TPSA) is 81.2 Å². The first-order chi connectivity index (χ1) is 10.0. The highest BCUT2D eigenvalue weighted by atomic mass is 32.2. The molecule has 1 N–H and O–H groups in total. The third-order valence-electron chi connectivity index (χ3n) is 3.30. The fourth-order valence-corrected chi connectivity index (χ4v) is 2.83. The fraction of sp³-hybridized carbons (Fsp3) is 0.286. The van der Waals surface area contributed by atoms with Gasteiger partial charge in [-0.05, 0) is 24.3 Å². The van der Waals surface area contributed by atoms with Gasteiger partial charge in [0.1, 0.15) is 12.1 Å². The van der Waals surface area contributed by atoms with Crippen LogP contribution < -0.4 is 10.1 Å². The monoisotopic (exact) mass is 305 g/mol. The molecule has 0 amide bonds. The number of nitrogens with zero attached hydrogens (tertiary/aromatic N) is 2. The molecular formula is C14H15N3O3S. The van der Waals surface area contributed by atoms with Gasteiger partial charge >= 0.3 is 0 Å². The molecule has 0 fully saturated rings. The third kappa shape index (κ3) is 3.03. The summed E-state index contributed by atoms with van der Waals surface area (Å²) in [7, 11) is -3.20. The maximum atomic E-state index is 11.4. The molecule has 2 aromatic rings. The second-order valence-electron chi connectivity index (χ2n) is 4.88. The van der Waals surface area contributed by atoms with Gasteiger partial charge in [0.05, 0.1) is 16.2 Å². The van der Waals surface area contributed by atoms with Crippen molar-refractivity contribution in [3.05, 3.63) is 41.9 Å². The van der Waals surface area contributed by atoms with Gasteiger partial charge in [-0.3, -0.25) is 0 Å². The molecule has 1 aliphatic heterocycles. The van der Waals surface area contributed by atoms with Gasteiger partial charge in [-0.15, -0.1) is 0 Å². The van der Waals surface area contributed by atoms with Crippen LogP contribution in [0.15, 0.2) is 35.5 Å². The zero-order valence-corrected chi connectivity index (χ0v) is 12.4. The van der Waals surface area contributed by atoms with Crippen LogP contribution in [0.3, 0.4) is 0 Å². The van der Waals surface area contributed by atoms with E-state index in [1.165, 1.54) is 24.7 Å². The fourth-order valence-electron chi connectivity index (χ4n) is 2.20. The summed E-state index contributed by atoms with van der Waals surface area (Å²) in [6.07, 6.45) is 3.51. The molecule has 7 heteroatoms. The predicted octanol–water partition coefficient (Wildman–Crippen LogP) is 1.32. The molecule has 6 nitrogen and oxygen atoms in total. The van der Waals surface area contributed by atoms with Crippen LogP contribution in [0, 0.1) is 0 Å². The van der Waals surface area contributed by atoms with Crippen LogP contribution in [-0.4, -0.2) is 31.2 Å². The summed E-state index contributed by atoms with van der Waals surface area (Å²) >= 11 is 0. The van der Waals surface area contributed by atoms with Gasteiger partial charge in [-0.2, -0.15) is 0 Å². The number of ether oxygens (including phenoxy) is 1. The summed E-state index contributed by atoms with van der Waals surface area (Å²) in [5, 5.41) is 3.26. The summed E-state index contributed by atoms with van der Waals surface area (Å²) in [5.41, 5.74) is 1.95. The Hall–Kier alpha value is -1.99. The molecule has 0 spiro atoms. The van der Waals surface area contributed by atoms with Gasteiger partial charge in [0.2, 0.25) is 5.88 Å². The number of hydrogen-bond donors (Lipinski definition) is 1. The van der Waals surface area contributed by atoms with Crippen LogP contribution in [0.5, 0.6) is 11.6 Å². The maximum Gasteiger partial charge on any atom is 0.227 e. The molecule has 21 heavy (non-hydrogen) atoms. The highest BCUT2D eigenvalue weighted by Gasteiger charge is 2.16. The van der Waals surface area contributed by atoms with Gasteiger partial charge in [0, 0.05) is 25.8 Å². The quantitative estimate of drug-likeness (QED) is 0.921. The van der Waals surface area contributed by atoms with E-state index in [2.05, 4.69) is 15.3 Å². The van der Waals surface area contributed by atoms with E-state index in [0.29, 0.717) is 18.2 Å². The molecule has 1 aromatic heterocycles. The number of aromatic nitrogens is 2. The molecule has 0 radical (unpaired) electrons. The lowest BCUT2D eigenvalue weighted by Gasteiger charge is -2.18. The number of rotatable bonds is 3. The summed E-state index contributed by atoms with van der Waals surface area (Å²) in [4.78, 5) is 8.69. The largest absolute Gasteiger partial charge is 0.439 e. The summed E-state index contributed by atoms with van der Waals surface area (Å²) in [6, 6.07) is 6.30. The van der Waals surface area contributed by atoms with Crippen molar-refractivity contribution < 1.29 is 13.2 Å². The predicted molar refractivity (Wildman–Crippen MR) is 77.1 cm³/mol. The van der Waals surface area contributed by atoms with Crippen molar-refractivity contribution in [1.29, 1.82) is 0 Å². The lowest BCUT2D eigenvalue weighted by molar-refractivity contribution is 0.444. The number of sulfone groups is 1. The molecule has 0 unspecified atom stereocenters. The van der Waals surface area contributed by atoms with Gasteiger partial charge in [0.15, 0.2) is 9.84 Å². The number of benzene rings is 1. The van der Waals surface area contributed by atoms with Gasteiger partial charge < -0.3 is 10.1 Å². The third-order valence-corrected chi connectivity index (χ3v) is 4.43. The van der Waals surface area contributed by atoms with Crippen molar-refractivity contribution in [2.45, 2.75) is 17.9 Å². The molecule has 0 bridgehead atoms. The molecule has 0 atom stereocenters. The van der Waals surface area contributed by atoms with E-state index in [4.69, 9.17) is 4.74 Å². The highest BCUT2D eigenvalue weighted by molar-refractivity contribution is 7.90. The zero-order valence-electron chi connectivity index (χ0n) is 11.5. The van der Waals surface area contributed by atoms with Crippen molar-refractivity contribution in [2.75, 3.05) is 12.8 Å². The SMILES string of the molecule is CS(=O)(=O)c1ccc(Oc2ncnc3c2CNCC3)cc1. The molecule has 3 rings (SSSR count). The Morgan fingerprint density at radius 3 is 2.67 bits per heavy atom. The summed E-state index contributed by atoms with van der Waals surface area (Å²) in [5.74, 6) is 1.06. The van der Waals surface area contributed by atoms with E-state index in [1.54, 1.807) is 12.1 Å². The van der Waals surface area contributed by atoms with Crippen molar-refractivity contribution in [3.63, 3.8) is 0 Å². The Bertz CT molecular complexity index is 758. The Balaban J connectivity index is 1.87. The molecule has 1 aromatic carbocycles. The molecular weight excluding hydrogens is 290 g/mol. The van der Waals surface area contributed by atoms with Crippen LogP contribution in [0.1, 0.15) is 11.3 Å². The van der Waals surface area contributed by atoms with Gasteiger partial charge in [0.25, 0.3) is 0 Å². The smallest absolute Gasteiger partial charge is 0.227 e. The summed E-state index contributed by atoms with van der Waals surface area (Å²) < 4.78 is 28.6. The Morgan fingerprint density at radius 1 is 1.19 bits per heavy atom. The first-order valence-electron chi connectivity index (χ1n) is 6.55. The number of hydrogen-bond acceptors (Lipinski definition) is 6. The first kappa shape index (κ1) is 14.0. The van der Waals surface area contributed by atoms with E-state index >= 15 is 0 Å². The van der Waals surface area contributed by atoms with Crippen molar-refractivity contribution >= 4 is 9.84 Å². The highest BCUT2D eigenvalue weighted by Crippen LogP contribution is 2.26. The number of fused-ring (bicyclic) bond motifs is 1.